The number of fused-ring (bicyclic) bond motifs is 1. The van der Waals surface area contributed by atoms with Crippen LogP contribution in [0.25, 0.3) is 22.4 Å². The third-order valence-electron chi connectivity index (χ3n) is 7.70. The summed E-state index contributed by atoms with van der Waals surface area (Å²) >= 11 is 0. The highest BCUT2D eigenvalue weighted by Gasteiger charge is 2.32. The van der Waals surface area contributed by atoms with Gasteiger partial charge < -0.3 is 4.57 Å². The number of nitrogens with zero attached hydrogens (tertiary/aromatic N) is 4. The van der Waals surface area contributed by atoms with Crippen molar-refractivity contribution >= 4 is 20.9 Å². The Bertz CT molecular complexity index is 1390. The van der Waals surface area contributed by atoms with E-state index in [1.807, 2.05) is 6.92 Å². The van der Waals surface area contributed by atoms with Crippen LogP contribution < -0.4 is 4.72 Å². The van der Waals surface area contributed by atoms with Crippen LogP contribution in [-0.4, -0.2) is 29.0 Å². The molecule has 3 aliphatic carbocycles. The topological polar surface area (TPSA) is 101 Å². The van der Waals surface area contributed by atoms with Crippen molar-refractivity contribution < 1.29 is 8.42 Å². The Morgan fingerprint density at radius 1 is 1.09 bits per heavy atom. The second kappa shape index (κ2) is 8.17. The van der Waals surface area contributed by atoms with Crippen molar-refractivity contribution in [2.75, 3.05) is 0 Å². The van der Waals surface area contributed by atoms with Crippen molar-refractivity contribution in [2.45, 2.75) is 81.2 Å². The van der Waals surface area contributed by atoms with Crippen LogP contribution in [0.5, 0.6) is 0 Å². The van der Waals surface area contributed by atoms with Gasteiger partial charge in [-0.1, -0.05) is 25.0 Å². The first-order valence-electron chi connectivity index (χ1n) is 12.4. The van der Waals surface area contributed by atoms with E-state index < -0.39 is 10.0 Å². The second-order valence-corrected chi connectivity index (χ2v) is 11.9. The van der Waals surface area contributed by atoms with Crippen molar-refractivity contribution in [2.24, 2.45) is 5.92 Å². The van der Waals surface area contributed by atoms with Gasteiger partial charge in [0.05, 0.1) is 23.5 Å². The van der Waals surface area contributed by atoms with Crippen LogP contribution in [0.1, 0.15) is 81.4 Å². The highest BCUT2D eigenvalue weighted by Crippen LogP contribution is 2.44. The molecule has 6 rings (SSSR count). The number of sulfonamides is 1. The molecule has 176 valence electrons. The molecule has 3 aliphatic rings. The standard InChI is InChI=1S/C26H29N5O2S/c1-16(17-6-7-17)30-34(32,33)21-14-28-26(29-15-21)25-23(13-27)22-11-10-19(18-8-9-18)12-24(22)31(25)20-4-2-3-5-20/h10-12,14-18,20,30H,2-9H2,1H3/t16-/m0/s1. The molecule has 0 saturated heterocycles. The van der Waals surface area contributed by atoms with Crippen LogP contribution in [0.3, 0.4) is 0 Å². The predicted octanol–water partition coefficient (Wildman–Crippen LogP) is 5.04. The van der Waals surface area contributed by atoms with Crippen molar-refractivity contribution in [3.05, 3.63) is 41.7 Å². The molecule has 3 saturated carbocycles. The van der Waals surface area contributed by atoms with Crippen molar-refractivity contribution in [3.8, 4) is 17.6 Å². The molecule has 0 radical (unpaired) electrons. The summed E-state index contributed by atoms with van der Waals surface area (Å²) in [5, 5.41) is 11.1. The molecule has 1 atom stereocenters. The van der Waals surface area contributed by atoms with Crippen LogP contribution >= 0.6 is 0 Å². The number of rotatable bonds is 7. The smallest absolute Gasteiger partial charge is 0.243 e. The SMILES string of the molecule is C[C@H](NS(=O)(=O)c1cnc(-c2c(C#N)c3ccc(C4CC4)cc3n2C2CCCC2)nc1)C1CC1. The average Bonchev–Trinajstić information content (AvgIpc) is 3.77. The number of hydrogen-bond acceptors (Lipinski definition) is 5. The fraction of sp³-hybridized carbons (Fsp3) is 0.500. The van der Waals surface area contributed by atoms with E-state index in [0.717, 1.165) is 49.4 Å². The van der Waals surface area contributed by atoms with Gasteiger partial charge in [0.1, 0.15) is 16.7 Å². The molecule has 34 heavy (non-hydrogen) atoms. The molecule has 3 aromatic rings. The lowest BCUT2D eigenvalue weighted by molar-refractivity contribution is 0.536. The van der Waals surface area contributed by atoms with E-state index in [0.29, 0.717) is 35.0 Å². The Labute approximate surface area is 200 Å². The molecule has 0 bridgehead atoms. The minimum absolute atomic E-state index is 0.0572. The molecule has 0 spiro atoms. The van der Waals surface area contributed by atoms with Crippen LogP contribution in [0, 0.1) is 17.2 Å². The van der Waals surface area contributed by atoms with Gasteiger partial charge in [0, 0.05) is 17.5 Å². The number of hydrogen-bond donors (Lipinski definition) is 1. The zero-order valence-electron chi connectivity index (χ0n) is 19.4. The van der Waals surface area contributed by atoms with Gasteiger partial charge in [0.25, 0.3) is 0 Å². The number of aromatic nitrogens is 3. The lowest BCUT2D eigenvalue weighted by Gasteiger charge is -2.18. The molecule has 2 aromatic heterocycles. The summed E-state index contributed by atoms with van der Waals surface area (Å²) in [6.07, 6.45) is 11.8. The Balaban J connectivity index is 1.44. The van der Waals surface area contributed by atoms with Gasteiger partial charge in [-0.3, -0.25) is 0 Å². The third-order valence-corrected chi connectivity index (χ3v) is 9.21. The summed E-state index contributed by atoms with van der Waals surface area (Å²) in [4.78, 5) is 9.03. The lowest BCUT2D eigenvalue weighted by atomic mass is 10.1. The molecule has 3 fully saturated rings. The predicted molar refractivity (Wildman–Crippen MR) is 130 cm³/mol. The van der Waals surface area contributed by atoms with E-state index in [2.05, 4.69) is 43.5 Å². The summed E-state index contributed by atoms with van der Waals surface area (Å²) in [6, 6.07) is 9.06. The van der Waals surface area contributed by atoms with Gasteiger partial charge in [-0.05, 0) is 68.9 Å². The first kappa shape index (κ1) is 21.8. The Hall–Kier alpha value is -2.76. The molecule has 0 amide bonds. The van der Waals surface area contributed by atoms with Crippen molar-refractivity contribution in [3.63, 3.8) is 0 Å². The van der Waals surface area contributed by atoms with E-state index in [1.165, 1.54) is 30.8 Å². The first-order chi connectivity index (χ1) is 16.5. The molecule has 0 aliphatic heterocycles. The fourth-order valence-electron chi connectivity index (χ4n) is 5.46. The van der Waals surface area contributed by atoms with Gasteiger partial charge in [0.15, 0.2) is 5.82 Å². The van der Waals surface area contributed by atoms with Gasteiger partial charge in [-0.25, -0.2) is 23.1 Å². The second-order valence-electron chi connectivity index (χ2n) is 10.2. The summed E-state index contributed by atoms with van der Waals surface area (Å²) in [7, 11) is -3.68. The molecule has 0 unspecified atom stereocenters. The number of nitriles is 1. The van der Waals surface area contributed by atoms with Crippen molar-refractivity contribution in [1.29, 1.82) is 5.26 Å². The van der Waals surface area contributed by atoms with Crippen LogP contribution in [0.15, 0.2) is 35.5 Å². The van der Waals surface area contributed by atoms with Crippen LogP contribution in [-0.2, 0) is 10.0 Å². The number of nitrogens with one attached hydrogen (secondary N) is 1. The summed E-state index contributed by atoms with van der Waals surface area (Å²) < 4.78 is 30.7. The van der Waals surface area contributed by atoms with E-state index in [1.54, 1.807) is 0 Å². The quantitative estimate of drug-likeness (QED) is 0.516. The minimum Gasteiger partial charge on any atom is -0.334 e. The Morgan fingerprint density at radius 3 is 2.41 bits per heavy atom. The van der Waals surface area contributed by atoms with Gasteiger partial charge in [0.2, 0.25) is 10.0 Å². The van der Waals surface area contributed by atoms with Gasteiger partial charge >= 0.3 is 0 Å². The normalized spacial score (nSPS) is 20.0. The van der Waals surface area contributed by atoms with Crippen molar-refractivity contribution in [1.82, 2.24) is 19.3 Å². The third kappa shape index (κ3) is 3.81. The molecular weight excluding hydrogens is 446 g/mol. The summed E-state index contributed by atoms with van der Waals surface area (Å²) in [6.45, 7) is 1.90. The highest BCUT2D eigenvalue weighted by atomic mass is 32.2. The van der Waals surface area contributed by atoms with E-state index in [9.17, 15) is 13.7 Å². The number of benzene rings is 1. The van der Waals surface area contributed by atoms with Crippen LogP contribution in [0.2, 0.25) is 0 Å². The maximum absolute atomic E-state index is 12.8. The first-order valence-corrected chi connectivity index (χ1v) is 13.9. The fourth-order valence-corrected chi connectivity index (χ4v) is 6.66. The molecular formula is C26H29N5O2S. The van der Waals surface area contributed by atoms with E-state index >= 15 is 0 Å². The zero-order chi connectivity index (χ0) is 23.4. The van der Waals surface area contributed by atoms with E-state index in [-0.39, 0.29) is 10.9 Å². The van der Waals surface area contributed by atoms with Crippen LogP contribution in [0.4, 0.5) is 0 Å². The average molecular weight is 476 g/mol. The molecule has 8 heteroatoms. The molecule has 1 N–H and O–H groups in total. The van der Waals surface area contributed by atoms with Gasteiger partial charge in [-0.2, -0.15) is 5.26 Å². The van der Waals surface area contributed by atoms with E-state index in [4.69, 9.17) is 0 Å². The molecule has 2 heterocycles. The minimum atomic E-state index is -3.68. The van der Waals surface area contributed by atoms with Gasteiger partial charge in [-0.15, -0.1) is 0 Å². The maximum atomic E-state index is 12.8. The zero-order valence-corrected chi connectivity index (χ0v) is 20.2. The lowest BCUT2D eigenvalue weighted by Crippen LogP contribution is -2.34. The monoisotopic (exact) mass is 475 g/mol. The Morgan fingerprint density at radius 2 is 1.79 bits per heavy atom. The maximum Gasteiger partial charge on any atom is 0.243 e. The molecule has 1 aromatic carbocycles. The Kier molecular flexibility index (Phi) is 5.23. The highest BCUT2D eigenvalue weighted by molar-refractivity contribution is 7.89. The summed E-state index contributed by atoms with van der Waals surface area (Å²) in [5.41, 5.74) is 3.68. The largest absolute Gasteiger partial charge is 0.334 e. The summed E-state index contributed by atoms with van der Waals surface area (Å²) in [5.74, 6) is 1.44. The molecule has 7 nitrogen and oxygen atoms in total.